The Morgan fingerprint density at radius 1 is 1.42 bits per heavy atom. The quantitative estimate of drug-likeness (QED) is 0.833. The van der Waals surface area contributed by atoms with E-state index in [1.807, 2.05) is 6.92 Å². The van der Waals surface area contributed by atoms with Crippen LogP contribution in [0.2, 0.25) is 5.02 Å². The van der Waals surface area contributed by atoms with Crippen LogP contribution in [0.25, 0.3) is 0 Å². The molecule has 0 aliphatic rings. The average molecular weight is 308 g/mol. The molecule has 0 saturated heterocycles. The van der Waals surface area contributed by atoms with E-state index in [4.69, 9.17) is 26.2 Å². The van der Waals surface area contributed by atoms with Crippen LogP contribution in [0, 0.1) is 0 Å². The third-order valence-electron chi connectivity index (χ3n) is 2.19. The molecule has 0 bridgehead atoms. The van der Waals surface area contributed by atoms with Gasteiger partial charge in [-0.1, -0.05) is 18.5 Å². The second-order valence-corrected chi connectivity index (χ2v) is 5.63. The fourth-order valence-electron chi connectivity index (χ4n) is 1.41. The fourth-order valence-corrected chi connectivity index (χ4v) is 2.44. The smallest absolute Gasteiger partial charge is 0.342 e. The molecule has 6 nitrogen and oxygen atoms in total. The van der Waals surface area contributed by atoms with Crippen molar-refractivity contribution in [3.05, 3.63) is 22.7 Å². The maximum atomic E-state index is 11.8. The van der Waals surface area contributed by atoms with Crippen LogP contribution in [0.1, 0.15) is 23.7 Å². The number of hydrogen-bond donors (Lipinski definition) is 1. The highest BCUT2D eigenvalue weighted by atomic mass is 35.5. The van der Waals surface area contributed by atoms with E-state index in [-0.39, 0.29) is 27.8 Å². The Hall–Kier alpha value is -1.31. The predicted molar refractivity (Wildman–Crippen MR) is 70.0 cm³/mol. The molecule has 19 heavy (non-hydrogen) atoms. The first-order chi connectivity index (χ1) is 8.81. The third-order valence-corrected chi connectivity index (χ3v) is 3.32. The van der Waals surface area contributed by atoms with E-state index in [1.165, 1.54) is 13.2 Å². The first-order valence-corrected chi connectivity index (χ1v) is 7.31. The Labute approximate surface area is 116 Å². The summed E-state index contributed by atoms with van der Waals surface area (Å²) in [5.74, 6) is -0.890. The number of carbonyl (C=O) groups is 1. The number of methoxy groups -OCH3 is 1. The minimum Gasteiger partial charge on any atom is -0.494 e. The molecule has 0 fully saturated rings. The molecule has 1 rings (SSSR count). The highest BCUT2D eigenvalue weighted by molar-refractivity contribution is 7.89. The van der Waals surface area contributed by atoms with E-state index in [0.29, 0.717) is 6.42 Å². The van der Waals surface area contributed by atoms with Crippen molar-refractivity contribution in [2.24, 2.45) is 5.14 Å². The lowest BCUT2D eigenvalue weighted by atomic mass is 10.2. The number of benzene rings is 1. The summed E-state index contributed by atoms with van der Waals surface area (Å²) in [7, 11) is -2.83. The van der Waals surface area contributed by atoms with Crippen LogP contribution in [-0.4, -0.2) is 28.1 Å². The molecular weight excluding hydrogens is 294 g/mol. The van der Waals surface area contributed by atoms with Crippen LogP contribution < -0.4 is 9.88 Å². The fraction of sp³-hybridized carbons (Fsp3) is 0.364. The van der Waals surface area contributed by atoms with Crippen molar-refractivity contribution in [2.75, 3.05) is 13.7 Å². The van der Waals surface area contributed by atoms with Gasteiger partial charge in [0.1, 0.15) is 10.5 Å². The summed E-state index contributed by atoms with van der Waals surface area (Å²) in [5.41, 5.74) is -0.0764. The number of carbonyl (C=O) groups excluding carboxylic acids is 1. The van der Waals surface area contributed by atoms with Crippen LogP contribution in [0.3, 0.4) is 0 Å². The molecule has 0 aromatic heterocycles. The Kier molecular flexibility index (Phi) is 5.16. The number of sulfonamides is 1. The molecular formula is C11H14ClNO5S. The van der Waals surface area contributed by atoms with Crippen molar-refractivity contribution < 1.29 is 22.7 Å². The van der Waals surface area contributed by atoms with E-state index in [0.717, 1.165) is 6.07 Å². The Morgan fingerprint density at radius 2 is 2.05 bits per heavy atom. The van der Waals surface area contributed by atoms with Crippen LogP contribution in [0.15, 0.2) is 17.0 Å². The van der Waals surface area contributed by atoms with Crippen molar-refractivity contribution in [3.8, 4) is 5.75 Å². The monoisotopic (exact) mass is 307 g/mol. The van der Waals surface area contributed by atoms with Gasteiger partial charge in [-0.05, 0) is 18.6 Å². The standard InChI is InChI=1S/C11H14ClNO5S/c1-3-4-18-11(14)8-5-7(12)6-9(10(8)17-2)19(13,15)16/h5-6H,3-4H2,1-2H3,(H2,13,15,16). The molecule has 2 N–H and O–H groups in total. The highest BCUT2D eigenvalue weighted by Gasteiger charge is 2.24. The van der Waals surface area contributed by atoms with Gasteiger partial charge in [0.05, 0.1) is 13.7 Å². The average Bonchev–Trinajstić information content (AvgIpc) is 2.33. The van der Waals surface area contributed by atoms with Gasteiger partial charge in [-0.15, -0.1) is 0 Å². The SMILES string of the molecule is CCCOC(=O)c1cc(Cl)cc(S(N)(=O)=O)c1OC. The summed E-state index contributed by atoms with van der Waals surface area (Å²) in [6.45, 7) is 2.04. The zero-order valence-corrected chi connectivity index (χ0v) is 12.0. The number of hydrogen-bond acceptors (Lipinski definition) is 5. The van der Waals surface area contributed by atoms with Gasteiger partial charge < -0.3 is 9.47 Å². The Balaban J connectivity index is 3.40. The van der Waals surface area contributed by atoms with E-state index in [1.54, 1.807) is 0 Å². The maximum Gasteiger partial charge on any atom is 0.342 e. The number of primary sulfonamides is 1. The second kappa shape index (κ2) is 6.23. The van der Waals surface area contributed by atoms with Gasteiger partial charge >= 0.3 is 5.97 Å². The minimum atomic E-state index is -4.06. The first kappa shape index (κ1) is 15.7. The van der Waals surface area contributed by atoms with Gasteiger partial charge in [0.25, 0.3) is 0 Å². The lowest BCUT2D eigenvalue weighted by Gasteiger charge is -2.12. The van der Waals surface area contributed by atoms with Gasteiger partial charge in [0.15, 0.2) is 5.75 Å². The van der Waals surface area contributed by atoms with Crippen molar-refractivity contribution in [1.29, 1.82) is 0 Å². The lowest BCUT2D eigenvalue weighted by molar-refractivity contribution is 0.0501. The zero-order valence-electron chi connectivity index (χ0n) is 10.5. The molecule has 0 unspecified atom stereocenters. The summed E-state index contributed by atoms with van der Waals surface area (Å²) in [4.78, 5) is 11.5. The van der Waals surface area contributed by atoms with Crippen LogP contribution >= 0.6 is 11.6 Å². The van der Waals surface area contributed by atoms with Crippen LogP contribution in [0.4, 0.5) is 0 Å². The largest absolute Gasteiger partial charge is 0.494 e. The topological polar surface area (TPSA) is 95.7 Å². The predicted octanol–water partition coefficient (Wildman–Crippen LogP) is 1.56. The molecule has 1 aromatic rings. The molecule has 0 heterocycles. The molecule has 0 atom stereocenters. The molecule has 106 valence electrons. The molecule has 8 heteroatoms. The molecule has 0 amide bonds. The summed E-state index contributed by atoms with van der Waals surface area (Å²) in [6.07, 6.45) is 0.636. The first-order valence-electron chi connectivity index (χ1n) is 5.38. The summed E-state index contributed by atoms with van der Waals surface area (Å²) >= 11 is 5.78. The second-order valence-electron chi connectivity index (χ2n) is 3.67. The summed E-state index contributed by atoms with van der Waals surface area (Å²) in [5, 5.41) is 5.10. The number of halogens is 1. The highest BCUT2D eigenvalue weighted by Crippen LogP contribution is 2.31. The third kappa shape index (κ3) is 3.82. The number of nitrogens with two attached hydrogens (primary N) is 1. The van der Waals surface area contributed by atoms with Crippen molar-refractivity contribution in [1.82, 2.24) is 0 Å². The molecule has 0 radical (unpaired) electrons. The van der Waals surface area contributed by atoms with Gasteiger partial charge in [-0.2, -0.15) is 0 Å². The van der Waals surface area contributed by atoms with Crippen molar-refractivity contribution >= 4 is 27.6 Å². The van der Waals surface area contributed by atoms with Crippen molar-refractivity contribution in [3.63, 3.8) is 0 Å². The summed E-state index contributed by atoms with van der Waals surface area (Å²) < 4.78 is 32.8. The van der Waals surface area contributed by atoms with Crippen LogP contribution in [-0.2, 0) is 14.8 Å². The summed E-state index contributed by atoms with van der Waals surface area (Å²) in [6, 6.07) is 2.39. The Bertz CT molecular complexity index is 585. The molecule has 0 spiro atoms. The van der Waals surface area contributed by atoms with Crippen LogP contribution in [0.5, 0.6) is 5.75 Å². The van der Waals surface area contributed by atoms with Gasteiger partial charge in [-0.25, -0.2) is 18.4 Å². The Morgan fingerprint density at radius 3 is 2.53 bits per heavy atom. The molecule has 0 aliphatic carbocycles. The van der Waals surface area contributed by atoms with E-state index < -0.39 is 16.0 Å². The molecule has 0 saturated carbocycles. The normalized spacial score (nSPS) is 11.2. The molecule has 0 aliphatic heterocycles. The maximum absolute atomic E-state index is 11.8. The van der Waals surface area contributed by atoms with Gasteiger partial charge in [0, 0.05) is 5.02 Å². The number of rotatable bonds is 5. The number of esters is 1. The van der Waals surface area contributed by atoms with Gasteiger partial charge in [-0.3, -0.25) is 0 Å². The van der Waals surface area contributed by atoms with E-state index >= 15 is 0 Å². The van der Waals surface area contributed by atoms with E-state index in [2.05, 4.69) is 0 Å². The van der Waals surface area contributed by atoms with Crippen molar-refractivity contribution in [2.45, 2.75) is 18.2 Å². The minimum absolute atomic E-state index is 0.0493. The zero-order chi connectivity index (χ0) is 14.6. The number of ether oxygens (including phenoxy) is 2. The van der Waals surface area contributed by atoms with Gasteiger partial charge in [0.2, 0.25) is 10.0 Å². The molecule has 1 aromatic carbocycles. The van der Waals surface area contributed by atoms with E-state index in [9.17, 15) is 13.2 Å². The lowest BCUT2D eigenvalue weighted by Crippen LogP contribution is -2.16.